The average molecular weight is 363 g/mol. The summed E-state index contributed by atoms with van der Waals surface area (Å²) in [7, 11) is 0. The van der Waals surface area contributed by atoms with Crippen LogP contribution < -0.4 is 5.32 Å². The molecule has 128 valence electrons. The van der Waals surface area contributed by atoms with Crippen molar-refractivity contribution >= 4 is 29.3 Å². The lowest BCUT2D eigenvalue weighted by molar-refractivity contribution is -0.394. The van der Waals surface area contributed by atoms with Gasteiger partial charge in [0.25, 0.3) is 0 Å². The first kappa shape index (κ1) is 16.6. The second-order valence-electron chi connectivity index (χ2n) is 4.95. The number of aryl methyl sites for hydroxylation is 1. The quantitative estimate of drug-likeness (QED) is 0.526. The number of hydrogen-bond donors (Lipinski definition) is 1. The van der Waals surface area contributed by atoms with E-state index in [0.29, 0.717) is 10.7 Å². The molecule has 25 heavy (non-hydrogen) atoms. The van der Waals surface area contributed by atoms with Gasteiger partial charge in [-0.15, -0.1) is 0 Å². The van der Waals surface area contributed by atoms with Crippen molar-refractivity contribution in [3.05, 3.63) is 51.8 Å². The Kier molecular flexibility index (Phi) is 4.70. The van der Waals surface area contributed by atoms with E-state index in [-0.39, 0.29) is 24.8 Å². The maximum atomic E-state index is 11.9. The Morgan fingerprint density at radius 1 is 1.36 bits per heavy atom. The zero-order chi connectivity index (χ0) is 17.8. The monoisotopic (exact) mass is 362 g/mol. The van der Waals surface area contributed by atoms with Crippen LogP contribution in [0.15, 0.2) is 41.2 Å². The highest BCUT2D eigenvalue weighted by Gasteiger charge is 2.15. The van der Waals surface area contributed by atoms with E-state index >= 15 is 0 Å². The smallest absolute Gasteiger partial charge is 0.390 e. The fourth-order valence-electron chi connectivity index (χ4n) is 1.98. The van der Waals surface area contributed by atoms with Gasteiger partial charge in [0.2, 0.25) is 18.1 Å². The van der Waals surface area contributed by atoms with Crippen molar-refractivity contribution in [1.29, 1.82) is 0 Å². The summed E-state index contributed by atoms with van der Waals surface area (Å²) in [6.07, 6.45) is 1.23. The van der Waals surface area contributed by atoms with E-state index < -0.39 is 10.9 Å². The van der Waals surface area contributed by atoms with Gasteiger partial charge in [0.15, 0.2) is 0 Å². The van der Waals surface area contributed by atoms with Gasteiger partial charge in [-0.25, -0.2) is 0 Å². The molecule has 11 heteroatoms. The van der Waals surface area contributed by atoms with Crippen LogP contribution in [-0.2, 0) is 11.3 Å². The Labute approximate surface area is 145 Å². The van der Waals surface area contributed by atoms with E-state index in [1.165, 1.54) is 11.0 Å². The van der Waals surface area contributed by atoms with Crippen molar-refractivity contribution in [2.75, 3.05) is 5.32 Å². The molecule has 0 saturated carbocycles. The molecule has 0 aliphatic rings. The molecule has 1 aromatic carbocycles. The molecule has 0 unspecified atom stereocenters. The molecule has 3 aromatic rings. The largest absolute Gasteiger partial charge is 0.490 e. The van der Waals surface area contributed by atoms with Gasteiger partial charge in [0.1, 0.15) is 5.69 Å². The van der Waals surface area contributed by atoms with Gasteiger partial charge in [-0.2, -0.15) is 4.68 Å². The van der Waals surface area contributed by atoms with Gasteiger partial charge in [0.05, 0.1) is 6.54 Å². The Morgan fingerprint density at radius 3 is 2.80 bits per heavy atom. The van der Waals surface area contributed by atoms with E-state index in [9.17, 15) is 14.9 Å². The molecule has 1 amide bonds. The minimum absolute atomic E-state index is 0.0392. The summed E-state index contributed by atoms with van der Waals surface area (Å²) in [6, 6.07) is 8.59. The topological polar surface area (TPSA) is 129 Å². The van der Waals surface area contributed by atoms with Gasteiger partial charge >= 0.3 is 5.95 Å². The van der Waals surface area contributed by atoms with E-state index in [2.05, 4.69) is 20.6 Å². The second-order valence-corrected chi connectivity index (χ2v) is 5.38. The molecule has 0 atom stereocenters. The number of hydrogen-bond acceptors (Lipinski definition) is 7. The van der Waals surface area contributed by atoms with Crippen molar-refractivity contribution in [2.24, 2.45) is 0 Å². The fourth-order valence-corrected chi connectivity index (χ4v) is 2.11. The van der Waals surface area contributed by atoms with Gasteiger partial charge in [0, 0.05) is 28.2 Å². The molecule has 0 aliphatic carbocycles. The SMILES string of the molecule is O=C(CCn1cnc([N+](=O)[O-])n1)Nc1cc(-c2ccc(Cl)cc2)no1. The van der Waals surface area contributed by atoms with Crippen LogP contribution in [0.1, 0.15) is 6.42 Å². The number of aromatic nitrogens is 4. The van der Waals surface area contributed by atoms with Crippen LogP contribution in [0, 0.1) is 10.1 Å². The Hall–Kier alpha value is -3.27. The highest BCUT2D eigenvalue weighted by atomic mass is 35.5. The summed E-state index contributed by atoms with van der Waals surface area (Å²) in [6.45, 7) is 0.144. The summed E-state index contributed by atoms with van der Waals surface area (Å²) >= 11 is 5.83. The first-order valence-electron chi connectivity index (χ1n) is 7.07. The summed E-state index contributed by atoms with van der Waals surface area (Å²) in [5.41, 5.74) is 1.35. The summed E-state index contributed by atoms with van der Waals surface area (Å²) in [5.74, 6) is -0.667. The molecule has 2 heterocycles. The van der Waals surface area contributed by atoms with Gasteiger partial charge in [-0.1, -0.05) is 33.9 Å². The van der Waals surface area contributed by atoms with Gasteiger partial charge in [-0.05, 0) is 17.1 Å². The zero-order valence-electron chi connectivity index (χ0n) is 12.6. The number of nitro groups is 1. The lowest BCUT2D eigenvalue weighted by atomic mass is 10.1. The lowest BCUT2D eigenvalue weighted by Gasteiger charge is -1.99. The highest BCUT2D eigenvalue weighted by Crippen LogP contribution is 2.23. The number of carbonyl (C=O) groups excluding carboxylic acids is 1. The lowest BCUT2D eigenvalue weighted by Crippen LogP contribution is -2.14. The van der Waals surface area contributed by atoms with Crippen LogP contribution >= 0.6 is 11.6 Å². The molecule has 0 spiro atoms. The number of amides is 1. The molecular weight excluding hydrogens is 352 g/mol. The summed E-state index contributed by atoms with van der Waals surface area (Å²) in [4.78, 5) is 25.2. The maximum Gasteiger partial charge on any atom is 0.490 e. The first-order valence-corrected chi connectivity index (χ1v) is 7.45. The van der Waals surface area contributed by atoms with Crippen LogP contribution in [0.25, 0.3) is 11.3 Å². The number of carbonyl (C=O) groups is 1. The molecule has 0 radical (unpaired) electrons. The number of anilines is 1. The van der Waals surface area contributed by atoms with E-state index in [4.69, 9.17) is 16.1 Å². The molecule has 0 saturated heterocycles. The number of halogens is 1. The molecule has 3 rings (SSSR count). The van der Waals surface area contributed by atoms with Crippen LogP contribution in [0.4, 0.5) is 11.8 Å². The van der Waals surface area contributed by atoms with Crippen LogP contribution in [0.5, 0.6) is 0 Å². The van der Waals surface area contributed by atoms with Gasteiger partial charge < -0.3 is 14.6 Å². The fraction of sp³-hybridized carbons (Fsp3) is 0.143. The van der Waals surface area contributed by atoms with Crippen molar-refractivity contribution in [1.82, 2.24) is 19.9 Å². The van der Waals surface area contributed by atoms with Crippen molar-refractivity contribution in [2.45, 2.75) is 13.0 Å². The van der Waals surface area contributed by atoms with E-state index in [1.54, 1.807) is 30.3 Å². The Morgan fingerprint density at radius 2 is 2.12 bits per heavy atom. The predicted molar refractivity (Wildman–Crippen MR) is 86.9 cm³/mol. The second kappa shape index (κ2) is 7.09. The minimum Gasteiger partial charge on any atom is -0.390 e. The van der Waals surface area contributed by atoms with Gasteiger partial charge in [-0.3, -0.25) is 10.1 Å². The number of nitrogens with zero attached hydrogens (tertiary/aromatic N) is 5. The third-order valence-electron chi connectivity index (χ3n) is 3.17. The van der Waals surface area contributed by atoms with Crippen LogP contribution in [0.3, 0.4) is 0 Å². The van der Waals surface area contributed by atoms with Crippen molar-refractivity contribution < 1.29 is 14.2 Å². The standard InChI is InChI=1S/C14H11ClN6O4/c15-10-3-1-9(2-4-10)11-7-13(25-19-11)17-12(22)5-6-20-8-16-14(18-20)21(23)24/h1-4,7-8H,5-6H2,(H,17,22). The van der Waals surface area contributed by atoms with E-state index in [1.807, 2.05) is 0 Å². The maximum absolute atomic E-state index is 11.9. The van der Waals surface area contributed by atoms with Crippen molar-refractivity contribution in [3.8, 4) is 11.3 Å². The minimum atomic E-state index is -0.705. The number of rotatable bonds is 6. The third kappa shape index (κ3) is 4.18. The zero-order valence-corrected chi connectivity index (χ0v) is 13.4. The first-order chi connectivity index (χ1) is 12.0. The molecule has 10 nitrogen and oxygen atoms in total. The number of benzene rings is 1. The predicted octanol–water partition coefficient (Wildman–Crippen LogP) is 2.52. The molecular formula is C14H11ClN6O4. The van der Waals surface area contributed by atoms with Crippen molar-refractivity contribution in [3.63, 3.8) is 0 Å². The molecule has 0 bridgehead atoms. The third-order valence-corrected chi connectivity index (χ3v) is 3.42. The Balaban J connectivity index is 1.56. The highest BCUT2D eigenvalue weighted by molar-refractivity contribution is 6.30. The van der Waals surface area contributed by atoms with E-state index in [0.717, 1.165) is 5.56 Å². The molecule has 0 fully saturated rings. The molecule has 2 aromatic heterocycles. The Bertz CT molecular complexity index is 904. The molecule has 1 N–H and O–H groups in total. The average Bonchev–Trinajstić information content (AvgIpc) is 3.23. The normalized spacial score (nSPS) is 10.6. The van der Waals surface area contributed by atoms with Crippen LogP contribution in [0.2, 0.25) is 5.02 Å². The van der Waals surface area contributed by atoms with Crippen LogP contribution in [-0.4, -0.2) is 30.8 Å². The number of nitrogens with one attached hydrogen (secondary N) is 1. The molecule has 0 aliphatic heterocycles. The summed E-state index contributed by atoms with van der Waals surface area (Å²) < 4.78 is 6.29. The summed E-state index contributed by atoms with van der Waals surface area (Å²) in [5, 5.41) is 21.1.